The maximum Gasteiger partial charge on any atom is 0.355 e. The molecule has 0 saturated carbocycles. The molecule has 0 aliphatic carbocycles. The van der Waals surface area contributed by atoms with E-state index < -0.39 is 9.28 Å². The Bertz CT molecular complexity index is 365. The zero-order chi connectivity index (χ0) is 11.5. The molecule has 0 N–H and O–H groups in total. The van der Waals surface area contributed by atoms with Gasteiger partial charge in [-0.05, 0) is 24.2 Å². The first kappa shape index (κ1) is 11.6. The van der Waals surface area contributed by atoms with Gasteiger partial charge in [-0.3, -0.25) is 0 Å². The van der Waals surface area contributed by atoms with Gasteiger partial charge in [0.2, 0.25) is 0 Å². The standard InChI is InChI=1S/C11H16O4Si/c1-8-14-7-9-6-10(16(12-2)13-3)4-5-11(9)15-8/h4-6,8,16H,7H2,1-3H3. The highest BCUT2D eigenvalue weighted by Crippen LogP contribution is 2.24. The molecule has 0 saturated heterocycles. The second-order valence-corrected chi connectivity index (χ2v) is 5.94. The van der Waals surface area contributed by atoms with Gasteiger partial charge in [0.25, 0.3) is 0 Å². The lowest BCUT2D eigenvalue weighted by atomic mass is 10.2. The summed E-state index contributed by atoms with van der Waals surface area (Å²) < 4.78 is 21.6. The molecule has 0 radical (unpaired) electrons. The lowest BCUT2D eigenvalue weighted by molar-refractivity contribution is -0.0943. The quantitative estimate of drug-likeness (QED) is 0.727. The summed E-state index contributed by atoms with van der Waals surface area (Å²) in [5.74, 6) is 0.891. The van der Waals surface area contributed by atoms with Crippen molar-refractivity contribution >= 4 is 14.5 Å². The summed E-state index contributed by atoms with van der Waals surface area (Å²) in [6, 6.07) is 6.01. The second-order valence-electron chi connectivity index (χ2n) is 3.67. The summed E-state index contributed by atoms with van der Waals surface area (Å²) in [6.07, 6.45) is -0.170. The van der Waals surface area contributed by atoms with Crippen molar-refractivity contribution in [2.45, 2.75) is 19.8 Å². The van der Waals surface area contributed by atoms with Crippen LogP contribution in [0.4, 0.5) is 0 Å². The van der Waals surface area contributed by atoms with Crippen LogP contribution in [0, 0.1) is 0 Å². The molecule has 1 aliphatic rings. The fourth-order valence-corrected chi connectivity index (χ4v) is 3.09. The van der Waals surface area contributed by atoms with Crippen LogP contribution < -0.4 is 9.92 Å². The minimum Gasteiger partial charge on any atom is -0.465 e. The van der Waals surface area contributed by atoms with Crippen molar-refractivity contribution in [3.63, 3.8) is 0 Å². The molecule has 0 fully saturated rings. The Morgan fingerprint density at radius 2 is 2.06 bits per heavy atom. The van der Waals surface area contributed by atoms with E-state index in [4.69, 9.17) is 18.3 Å². The molecule has 1 atom stereocenters. The minimum absolute atomic E-state index is 0.170. The summed E-state index contributed by atoms with van der Waals surface area (Å²) in [5, 5.41) is 1.10. The molecule has 5 heteroatoms. The Balaban J connectivity index is 2.25. The van der Waals surface area contributed by atoms with E-state index >= 15 is 0 Å². The zero-order valence-electron chi connectivity index (χ0n) is 9.73. The van der Waals surface area contributed by atoms with Crippen molar-refractivity contribution in [1.82, 2.24) is 0 Å². The van der Waals surface area contributed by atoms with Gasteiger partial charge in [-0.1, -0.05) is 6.07 Å². The van der Waals surface area contributed by atoms with Gasteiger partial charge >= 0.3 is 9.28 Å². The number of hydrogen-bond acceptors (Lipinski definition) is 4. The van der Waals surface area contributed by atoms with Crippen molar-refractivity contribution in [2.24, 2.45) is 0 Å². The highest BCUT2D eigenvalue weighted by molar-refractivity contribution is 6.61. The third-order valence-corrected chi connectivity index (χ3v) is 4.31. The molecule has 1 heterocycles. The molecule has 16 heavy (non-hydrogen) atoms. The highest BCUT2D eigenvalue weighted by Gasteiger charge is 2.20. The molecular weight excluding hydrogens is 224 g/mol. The van der Waals surface area contributed by atoms with Crippen molar-refractivity contribution < 1.29 is 18.3 Å². The van der Waals surface area contributed by atoms with Crippen molar-refractivity contribution in [2.75, 3.05) is 14.2 Å². The number of hydrogen-bond donors (Lipinski definition) is 0. The van der Waals surface area contributed by atoms with Gasteiger partial charge in [0, 0.05) is 19.8 Å². The van der Waals surface area contributed by atoms with Gasteiger partial charge in [0.05, 0.1) is 6.61 Å². The monoisotopic (exact) mass is 240 g/mol. The average molecular weight is 240 g/mol. The van der Waals surface area contributed by atoms with Crippen molar-refractivity contribution in [1.29, 1.82) is 0 Å². The topological polar surface area (TPSA) is 36.9 Å². The zero-order valence-corrected chi connectivity index (χ0v) is 10.9. The Morgan fingerprint density at radius 1 is 1.31 bits per heavy atom. The first-order chi connectivity index (χ1) is 7.74. The van der Waals surface area contributed by atoms with E-state index in [1.54, 1.807) is 14.2 Å². The Kier molecular flexibility index (Phi) is 3.60. The lowest BCUT2D eigenvalue weighted by Gasteiger charge is -2.24. The van der Waals surface area contributed by atoms with Gasteiger partial charge in [0.15, 0.2) is 6.29 Å². The van der Waals surface area contributed by atoms with Gasteiger partial charge in [-0.25, -0.2) is 0 Å². The van der Waals surface area contributed by atoms with E-state index in [0.717, 1.165) is 16.5 Å². The molecule has 0 aromatic heterocycles. The molecule has 1 unspecified atom stereocenters. The molecule has 4 nitrogen and oxygen atoms in total. The van der Waals surface area contributed by atoms with Gasteiger partial charge in [0.1, 0.15) is 5.75 Å². The number of rotatable bonds is 3. The Hall–Kier alpha value is -0.883. The highest BCUT2D eigenvalue weighted by atomic mass is 28.3. The lowest BCUT2D eigenvalue weighted by Crippen LogP contribution is -2.35. The number of benzene rings is 1. The molecule has 1 aromatic rings. The van der Waals surface area contributed by atoms with Crippen LogP contribution in [-0.2, 0) is 20.2 Å². The van der Waals surface area contributed by atoms with Crippen molar-refractivity contribution in [3.05, 3.63) is 23.8 Å². The largest absolute Gasteiger partial charge is 0.465 e. The maximum absolute atomic E-state index is 5.55. The smallest absolute Gasteiger partial charge is 0.355 e. The van der Waals surface area contributed by atoms with Gasteiger partial charge in [-0.2, -0.15) is 0 Å². The molecular formula is C11H16O4Si. The Labute approximate surface area is 96.9 Å². The van der Waals surface area contributed by atoms with Crippen LogP contribution >= 0.6 is 0 Å². The van der Waals surface area contributed by atoms with Gasteiger partial charge in [-0.15, -0.1) is 0 Å². The summed E-state index contributed by atoms with van der Waals surface area (Å²) >= 11 is 0. The third-order valence-electron chi connectivity index (χ3n) is 2.55. The van der Waals surface area contributed by atoms with Crippen LogP contribution in [-0.4, -0.2) is 29.8 Å². The molecule has 0 bridgehead atoms. The van der Waals surface area contributed by atoms with Crippen LogP contribution in [0.5, 0.6) is 5.75 Å². The molecule has 1 aliphatic heterocycles. The predicted octanol–water partition coefficient (Wildman–Crippen LogP) is 0.662. The number of ether oxygens (including phenoxy) is 2. The van der Waals surface area contributed by atoms with Crippen LogP contribution in [0.15, 0.2) is 18.2 Å². The summed E-state index contributed by atoms with van der Waals surface area (Å²) in [4.78, 5) is 0. The SMILES string of the molecule is CO[SiH](OC)c1ccc2c(c1)COC(C)O2. The molecule has 0 spiro atoms. The maximum atomic E-state index is 5.55. The van der Waals surface area contributed by atoms with Crippen LogP contribution in [0.1, 0.15) is 12.5 Å². The van der Waals surface area contributed by atoms with Crippen LogP contribution in [0.2, 0.25) is 0 Å². The van der Waals surface area contributed by atoms with E-state index in [0.29, 0.717) is 6.61 Å². The predicted molar refractivity (Wildman–Crippen MR) is 62.1 cm³/mol. The second kappa shape index (κ2) is 4.97. The van der Waals surface area contributed by atoms with E-state index in [2.05, 4.69) is 0 Å². The first-order valence-corrected chi connectivity index (χ1v) is 6.73. The first-order valence-electron chi connectivity index (χ1n) is 5.21. The fourth-order valence-electron chi connectivity index (χ4n) is 1.76. The average Bonchev–Trinajstić information content (AvgIpc) is 2.31. The van der Waals surface area contributed by atoms with Crippen molar-refractivity contribution in [3.8, 4) is 5.75 Å². The number of fused-ring (bicyclic) bond motifs is 1. The summed E-state index contributed by atoms with van der Waals surface area (Å²) in [5.41, 5.74) is 1.06. The van der Waals surface area contributed by atoms with E-state index in [1.807, 2.05) is 25.1 Å². The molecule has 1 aromatic carbocycles. The Morgan fingerprint density at radius 3 is 2.75 bits per heavy atom. The third kappa shape index (κ3) is 2.27. The minimum atomic E-state index is -1.73. The fraction of sp³-hybridized carbons (Fsp3) is 0.455. The van der Waals surface area contributed by atoms with E-state index in [1.165, 1.54) is 0 Å². The van der Waals surface area contributed by atoms with E-state index in [-0.39, 0.29) is 6.29 Å². The molecule has 2 rings (SSSR count). The van der Waals surface area contributed by atoms with Crippen LogP contribution in [0.25, 0.3) is 0 Å². The molecule has 88 valence electrons. The van der Waals surface area contributed by atoms with Crippen LogP contribution in [0.3, 0.4) is 0 Å². The summed E-state index contributed by atoms with van der Waals surface area (Å²) in [6.45, 7) is 2.47. The molecule has 0 amide bonds. The normalized spacial score (nSPS) is 19.4. The van der Waals surface area contributed by atoms with E-state index in [9.17, 15) is 0 Å². The summed E-state index contributed by atoms with van der Waals surface area (Å²) in [7, 11) is 1.62. The van der Waals surface area contributed by atoms with Gasteiger partial charge < -0.3 is 18.3 Å².